The van der Waals surface area contributed by atoms with E-state index in [1.165, 1.54) is 7.11 Å². The summed E-state index contributed by atoms with van der Waals surface area (Å²) in [6, 6.07) is 23.0. The summed E-state index contributed by atoms with van der Waals surface area (Å²) in [5.74, 6) is 0.0277. The minimum atomic E-state index is -0.680. The maximum Gasteiger partial charge on any atom is 0.337 e. The summed E-state index contributed by atoms with van der Waals surface area (Å²) in [6.45, 7) is 0. The fourth-order valence-corrected chi connectivity index (χ4v) is 3.50. The molecule has 0 bridgehead atoms. The molecule has 1 saturated heterocycles. The molecule has 3 aromatic rings. The van der Waals surface area contributed by atoms with E-state index in [9.17, 15) is 9.59 Å². The Kier molecular flexibility index (Phi) is 5.23. The van der Waals surface area contributed by atoms with Crippen LogP contribution in [0.1, 0.15) is 22.0 Å². The molecule has 4 rings (SSSR count). The molecule has 29 heavy (non-hydrogen) atoms. The lowest BCUT2D eigenvalue weighted by Crippen LogP contribution is -2.61. The molecule has 6 heteroatoms. The van der Waals surface area contributed by atoms with Gasteiger partial charge in [-0.25, -0.2) is 4.79 Å². The van der Waals surface area contributed by atoms with Crippen LogP contribution in [0.2, 0.25) is 5.02 Å². The average molecular weight is 408 g/mol. The number of anilines is 1. The maximum absolute atomic E-state index is 12.9. The van der Waals surface area contributed by atoms with E-state index >= 15 is 0 Å². The van der Waals surface area contributed by atoms with Gasteiger partial charge < -0.3 is 9.47 Å². The van der Waals surface area contributed by atoms with Crippen molar-refractivity contribution in [2.45, 2.75) is 12.1 Å². The highest BCUT2D eigenvalue weighted by atomic mass is 35.5. The lowest BCUT2D eigenvalue weighted by molar-refractivity contribution is -0.135. The van der Waals surface area contributed by atoms with E-state index in [0.717, 1.165) is 11.3 Å². The van der Waals surface area contributed by atoms with Crippen LogP contribution in [0.15, 0.2) is 78.9 Å². The van der Waals surface area contributed by atoms with Crippen molar-refractivity contribution in [2.75, 3.05) is 12.0 Å². The van der Waals surface area contributed by atoms with Crippen LogP contribution < -0.4 is 9.64 Å². The quantitative estimate of drug-likeness (QED) is 0.456. The number of nitrogens with zero attached hydrogens (tertiary/aromatic N) is 1. The number of carbonyl (C=O) groups is 2. The third-order valence-corrected chi connectivity index (χ3v) is 5.08. The normalized spacial score (nSPS) is 18.1. The number of ether oxygens (including phenoxy) is 2. The van der Waals surface area contributed by atoms with Gasteiger partial charge in [0, 0.05) is 10.7 Å². The summed E-state index contributed by atoms with van der Waals surface area (Å²) in [4.78, 5) is 26.4. The van der Waals surface area contributed by atoms with E-state index in [2.05, 4.69) is 0 Å². The summed E-state index contributed by atoms with van der Waals surface area (Å²) in [5, 5.41) is 0.596. The molecule has 0 aliphatic carbocycles. The average Bonchev–Trinajstić information content (AvgIpc) is 2.77. The lowest BCUT2D eigenvalue weighted by atomic mass is 9.89. The fraction of sp³-hybridized carbons (Fsp3) is 0.130. The van der Waals surface area contributed by atoms with Crippen LogP contribution in [0, 0.1) is 0 Å². The zero-order chi connectivity index (χ0) is 20.4. The molecule has 5 nitrogen and oxygen atoms in total. The summed E-state index contributed by atoms with van der Waals surface area (Å²) in [7, 11) is 1.34. The maximum atomic E-state index is 12.9. The van der Waals surface area contributed by atoms with Gasteiger partial charge >= 0.3 is 5.97 Å². The van der Waals surface area contributed by atoms with E-state index in [4.69, 9.17) is 21.1 Å². The summed E-state index contributed by atoms with van der Waals surface area (Å²) < 4.78 is 10.7. The van der Waals surface area contributed by atoms with Crippen LogP contribution in [-0.2, 0) is 9.53 Å². The minimum absolute atomic E-state index is 0.131. The SMILES string of the molecule is COC(=O)c1ccc(C2C(Oc3ccc(Cl)cc3)C(=O)N2c2ccccc2)cc1. The van der Waals surface area contributed by atoms with Crippen LogP contribution in [0.25, 0.3) is 0 Å². The van der Waals surface area contributed by atoms with Gasteiger partial charge in [0.25, 0.3) is 5.91 Å². The predicted octanol–water partition coefficient (Wildman–Crippen LogP) is 4.66. The Balaban J connectivity index is 1.66. The van der Waals surface area contributed by atoms with Crippen LogP contribution >= 0.6 is 11.6 Å². The second-order valence-electron chi connectivity index (χ2n) is 6.59. The number of hydrogen-bond donors (Lipinski definition) is 0. The number of halogens is 1. The molecule has 2 unspecified atom stereocenters. The number of methoxy groups -OCH3 is 1. The molecule has 1 fully saturated rings. The number of rotatable bonds is 5. The number of benzene rings is 3. The van der Waals surface area contributed by atoms with Crippen molar-refractivity contribution < 1.29 is 19.1 Å². The van der Waals surface area contributed by atoms with Crippen molar-refractivity contribution in [1.82, 2.24) is 0 Å². The second-order valence-corrected chi connectivity index (χ2v) is 7.03. The molecule has 1 aliphatic heterocycles. The molecule has 1 aliphatic rings. The molecule has 0 saturated carbocycles. The van der Waals surface area contributed by atoms with Crippen molar-refractivity contribution in [3.05, 3.63) is 95.0 Å². The van der Waals surface area contributed by atoms with Crippen molar-refractivity contribution >= 4 is 29.2 Å². The highest BCUT2D eigenvalue weighted by Crippen LogP contribution is 2.41. The first-order valence-corrected chi connectivity index (χ1v) is 9.45. The zero-order valence-electron chi connectivity index (χ0n) is 15.6. The molecule has 0 aromatic heterocycles. The van der Waals surface area contributed by atoms with Gasteiger partial charge in [0.1, 0.15) is 11.8 Å². The van der Waals surface area contributed by atoms with E-state index in [1.807, 2.05) is 42.5 Å². The van der Waals surface area contributed by atoms with E-state index in [1.54, 1.807) is 41.3 Å². The van der Waals surface area contributed by atoms with E-state index < -0.39 is 12.1 Å². The Hall–Kier alpha value is -3.31. The van der Waals surface area contributed by atoms with Crippen molar-refractivity contribution in [2.24, 2.45) is 0 Å². The van der Waals surface area contributed by atoms with Crippen LogP contribution in [0.4, 0.5) is 5.69 Å². The van der Waals surface area contributed by atoms with Gasteiger partial charge in [-0.3, -0.25) is 9.69 Å². The number of carbonyl (C=O) groups excluding carboxylic acids is 2. The fourth-order valence-electron chi connectivity index (χ4n) is 3.37. The Morgan fingerprint density at radius 1 is 0.931 bits per heavy atom. The molecule has 146 valence electrons. The predicted molar refractivity (Wildman–Crippen MR) is 110 cm³/mol. The van der Waals surface area contributed by atoms with Crippen LogP contribution in [-0.4, -0.2) is 25.1 Å². The summed E-state index contributed by atoms with van der Waals surface area (Å²) >= 11 is 5.94. The molecule has 0 radical (unpaired) electrons. The molecular formula is C23H18ClNO4. The molecule has 1 heterocycles. The number of para-hydroxylation sites is 1. The Bertz CT molecular complexity index is 1020. The third-order valence-electron chi connectivity index (χ3n) is 4.83. The minimum Gasteiger partial charge on any atom is -0.478 e. The van der Waals surface area contributed by atoms with E-state index in [0.29, 0.717) is 16.3 Å². The standard InChI is InChI=1S/C23H18ClNO4/c1-28-23(27)16-9-7-15(8-10-16)20-21(29-19-13-11-17(24)12-14-19)22(26)25(20)18-5-3-2-4-6-18/h2-14,20-21H,1H3. The second kappa shape index (κ2) is 7.97. The Morgan fingerprint density at radius 3 is 2.21 bits per heavy atom. The highest BCUT2D eigenvalue weighted by molar-refractivity contribution is 6.30. The monoisotopic (exact) mass is 407 g/mol. The third kappa shape index (κ3) is 3.69. The lowest BCUT2D eigenvalue weighted by Gasteiger charge is -2.46. The highest BCUT2D eigenvalue weighted by Gasteiger charge is 2.51. The summed E-state index contributed by atoms with van der Waals surface area (Å²) in [5.41, 5.74) is 2.10. The largest absolute Gasteiger partial charge is 0.478 e. The Labute approximate surface area is 173 Å². The van der Waals surface area contributed by atoms with Crippen molar-refractivity contribution in [1.29, 1.82) is 0 Å². The summed E-state index contributed by atoms with van der Waals surface area (Å²) in [6.07, 6.45) is -0.680. The molecule has 1 amide bonds. The number of hydrogen-bond acceptors (Lipinski definition) is 4. The van der Waals surface area contributed by atoms with Gasteiger partial charge in [0.15, 0.2) is 0 Å². The van der Waals surface area contributed by atoms with Gasteiger partial charge in [0.2, 0.25) is 6.10 Å². The van der Waals surface area contributed by atoms with Gasteiger partial charge in [0.05, 0.1) is 12.7 Å². The zero-order valence-corrected chi connectivity index (χ0v) is 16.4. The molecule has 2 atom stereocenters. The van der Waals surface area contributed by atoms with E-state index in [-0.39, 0.29) is 11.9 Å². The molecule has 0 spiro atoms. The number of amides is 1. The van der Waals surface area contributed by atoms with Crippen molar-refractivity contribution in [3.8, 4) is 5.75 Å². The first-order valence-electron chi connectivity index (χ1n) is 9.07. The van der Waals surface area contributed by atoms with Crippen LogP contribution in [0.5, 0.6) is 5.75 Å². The molecule has 0 N–H and O–H groups in total. The van der Waals surface area contributed by atoms with Crippen molar-refractivity contribution in [3.63, 3.8) is 0 Å². The van der Waals surface area contributed by atoms with Gasteiger partial charge in [-0.1, -0.05) is 41.9 Å². The van der Waals surface area contributed by atoms with Gasteiger partial charge in [-0.05, 0) is 54.1 Å². The number of β-lactam (4-membered cyclic amide) rings is 1. The Morgan fingerprint density at radius 2 is 1.59 bits per heavy atom. The molecule has 3 aromatic carbocycles. The molecular weight excluding hydrogens is 390 g/mol. The number of esters is 1. The van der Waals surface area contributed by atoms with Crippen LogP contribution in [0.3, 0.4) is 0 Å². The smallest absolute Gasteiger partial charge is 0.337 e. The first-order chi connectivity index (χ1) is 14.1. The van der Waals surface area contributed by atoms with Gasteiger partial charge in [-0.2, -0.15) is 0 Å². The van der Waals surface area contributed by atoms with Gasteiger partial charge in [-0.15, -0.1) is 0 Å². The first kappa shape index (κ1) is 19.0. The topological polar surface area (TPSA) is 55.8 Å².